The molecule has 1 amide bonds. The fraction of sp³-hybridized carbons (Fsp3) is 0.167. The molecule has 0 fully saturated rings. The quantitative estimate of drug-likeness (QED) is 0.681. The van der Waals surface area contributed by atoms with E-state index in [1.54, 1.807) is 18.2 Å². The number of benzene rings is 2. The van der Waals surface area contributed by atoms with Crippen molar-refractivity contribution in [2.24, 2.45) is 5.10 Å². The normalized spacial score (nSPS) is 10.7. The molecule has 0 bridgehead atoms. The lowest BCUT2D eigenvalue weighted by atomic mass is 10.1. The van der Waals surface area contributed by atoms with E-state index in [1.165, 1.54) is 0 Å². The minimum atomic E-state index is -0.239. The van der Waals surface area contributed by atoms with E-state index in [1.807, 2.05) is 50.2 Å². The molecule has 116 valence electrons. The number of hydrogen-bond donors (Lipinski definition) is 1. The number of carbonyl (C=O) groups excluding carboxylic acids is 1. The first kappa shape index (κ1) is 16.2. The first-order chi connectivity index (χ1) is 11.1. The van der Waals surface area contributed by atoms with Crippen molar-refractivity contribution < 1.29 is 9.53 Å². The third kappa shape index (κ3) is 4.42. The molecule has 0 atom stereocenters. The molecule has 5 heteroatoms. The Kier molecular flexibility index (Phi) is 5.48. The van der Waals surface area contributed by atoms with E-state index in [4.69, 9.17) is 10.00 Å². The first-order valence-corrected chi connectivity index (χ1v) is 7.12. The van der Waals surface area contributed by atoms with Crippen LogP contribution in [0.5, 0.6) is 5.75 Å². The number of nitrogens with zero attached hydrogens (tertiary/aromatic N) is 2. The molecule has 0 radical (unpaired) electrons. The van der Waals surface area contributed by atoms with Gasteiger partial charge >= 0.3 is 0 Å². The van der Waals surface area contributed by atoms with Crippen LogP contribution in [0.15, 0.2) is 53.6 Å². The second-order valence-corrected chi connectivity index (χ2v) is 4.92. The molecule has 23 heavy (non-hydrogen) atoms. The minimum Gasteiger partial charge on any atom is -0.479 e. The van der Waals surface area contributed by atoms with Gasteiger partial charge in [0.2, 0.25) is 0 Å². The van der Waals surface area contributed by atoms with Crippen LogP contribution in [0.1, 0.15) is 28.4 Å². The first-order valence-electron chi connectivity index (χ1n) is 7.12. The summed E-state index contributed by atoms with van der Waals surface area (Å²) in [4.78, 5) is 12.1. The molecule has 0 aliphatic carbocycles. The minimum absolute atomic E-state index is 0.0128. The van der Waals surface area contributed by atoms with Gasteiger partial charge < -0.3 is 4.74 Å². The Labute approximate surface area is 135 Å². The molecule has 0 saturated heterocycles. The van der Waals surface area contributed by atoms with Crippen LogP contribution in [-0.4, -0.2) is 18.2 Å². The predicted octanol–water partition coefficient (Wildman–Crippen LogP) is 3.05. The van der Waals surface area contributed by atoms with E-state index in [-0.39, 0.29) is 12.5 Å². The third-order valence-corrected chi connectivity index (χ3v) is 3.29. The average Bonchev–Trinajstić information content (AvgIpc) is 2.58. The zero-order chi connectivity index (χ0) is 16.7. The molecule has 2 rings (SSSR count). The average molecular weight is 307 g/mol. The molecule has 0 saturated carbocycles. The van der Waals surface area contributed by atoms with Crippen LogP contribution in [-0.2, 0) is 0 Å². The Morgan fingerprint density at radius 1 is 1.22 bits per heavy atom. The molecular formula is C18H17N3O2. The number of hydrazone groups is 1. The monoisotopic (exact) mass is 307 g/mol. The van der Waals surface area contributed by atoms with Gasteiger partial charge in [0, 0.05) is 5.56 Å². The molecule has 0 aliphatic rings. The number of hydrogen-bond acceptors (Lipinski definition) is 4. The number of rotatable bonds is 5. The van der Waals surface area contributed by atoms with E-state index < -0.39 is 0 Å². The van der Waals surface area contributed by atoms with Gasteiger partial charge in [-0.3, -0.25) is 4.79 Å². The van der Waals surface area contributed by atoms with E-state index in [0.717, 1.165) is 11.1 Å². The van der Waals surface area contributed by atoms with Gasteiger partial charge in [0.1, 0.15) is 11.8 Å². The summed E-state index contributed by atoms with van der Waals surface area (Å²) in [5.41, 5.74) is 5.60. The van der Waals surface area contributed by atoms with Crippen LogP contribution in [0.3, 0.4) is 0 Å². The lowest BCUT2D eigenvalue weighted by molar-refractivity contribution is 0.0954. The van der Waals surface area contributed by atoms with Crippen LogP contribution in [0.4, 0.5) is 0 Å². The summed E-state index contributed by atoms with van der Waals surface area (Å²) in [5, 5.41) is 12.6. The van der Waals surface area contributed by atoms with Crippen LogP contribution in [0.25, 0.3) is 0 Å². The van der Waals surface area contributed by atoms with Crippen molar-refractivity contribution in [2.45, 2.75) is 13.8 Å². The van der Waals surface area contributed by atoms with Gasteiger partial charge in [0.25, 0.3) is 5.91 Å². The predicted molar refractivity (Wildman–Crippen MR) is 88.4 cm³/mol. The highest BCUT2D eigenvalue weighted by molar-refractivity contribution is 6.01. The number of carbonyl (C=O) groups is 1. The summed E-state index contributed by atoms with van der Waals surface area (Å²) in [6.45, 7) is 3.70. The Hall–Kier alpha value is -3.13. The number of aryl methyl sites for hydroxylation is 1. The fourth-order valence-electron chi connectivity index (χ4n) is 2.00. The molecule has 5 nitrogen and oxygen atoms in total. The topological polar surface area (TPSA) is 74.5 Å². The Bertz CT molecular complexity index is 759. The van der Waals surface area contributed by atoms with Crippen molar-refractivity contribution in [2.75, 3.05) is 6.61 Å². The highest BCUT2D eigenvalue weighted by Gasteiger charge is 2.07. The second kappa shape index (κ2) is 7.76. The summed E-state index contributed by atoms with van der Waals surface area (Å²) in [6, 6.07) is 16.4. The van der Waals surface area contributed by atoms with Crippen molar-refractivity contribution in [3.8, 4) is 11.8 Å². The Balaban J connectivity index is 2.04. The van der Waals surface area contributed by atoms with Crippen molar-refractivity contribution in [1.29, 1.82) is 5.26 Å². The second-order valence-electron chi connectivity index (χ2n) is 4.92. The van der Waals surface area contributed by atoms with Gasteiger partial charge in [-0.15, -0.1) is 0 Å². The van der Waals surface area contributed by atoms with Gasteiger partial charge in [-0.1, -0.05) is 18.2 Å². The summed E-state index contributed by atoms with van der Waals surface area (Å²) in [5.74, 6) is 0.378. The maximum atomic E-state index is 12.1. The molecule has 0 heterocycles. The number of ether oxygens (including phenoxy) is 1. The SMILES string of the molecule is C/C(=N/NC(=O)c1ccccc1C)c1ccc(OCC#N)cc1. The van der Waals surface area contributed by atoms with E-state index >= 15 is 0 Å². The lowest BCUT2D eigenvalue weighted by Crippen LogP contribution is -2.20. The third-order valence-electron chi connectivity index (χ3n) is 3.29. The fourth-order valence-corrected chi connectivity index (χ4v) is 2.00. The van der Waals surface area contributed by atoms with Crippen LogP contribution < -0.4 is 10.2 Å². The van der Waals surface area contributed by atoms with Crippen LogP contribution in [0.2, 0.25) is 0 Å². The maximum absolute atomic E-state index is 12.1. The molecule has 2 aromatic carbocycles. The van der Waals surface area contributed by atoms with Gasteiger partial charge in [0.15, 0.2) is 6.61 Å². The van der Waals surface area contributed by atoms with Crippen molar-refractivity contribution in [3.63, 3.8) is 0 Å². The van der Waals surface area contributed by atoms with E-state index in [2.05, 4.69) is 10.5 Å². The van der Waals surface area contributed by atoms with E-state index in [9.17, 15) is 4.79 Å². The zero-order valence-corrected chi connectivity index (χ0v) is 13.0. The molecule has 0 unspecified atom stereocenters. The van der Waals surface area contributed by atoms with Crippen molar-refractivity contribution >= 4 is 11.6 Å². The summed E-state index contributed by atoms with van der Waals surface area (Å²) >= 11 is 0. The summed E-state index contributed by atoms with van der Waals surface area (Å²) < 4.78 is 5.19. The lowest BCUT2D eigenvalue weighted by Gasteiger charge is -2.06. The smallest absolute Gasteiger partial charge is 0.271 e. The van der Waals surface area contributed by atoms with E-state index in [0.29, 0.717) is 17.0 Å². The largest absolute Gasteiger partial charge is 0.479 e. The molecule has 2 aromatic rings. The Morgan fingerprint density at radius 3 is 2.57 bits per heavy atom. The van der Waals surface area contributed by atoms with Gasteiger partial charge in [-0.2, -0.15) is 10.4 Å². The van der Waals surface area contributed by atoms with Gasteiger partial charge in [-0.05, 0) is 55.3 Å². The number of amides is 1. The highest BCUT2D eigenvalue weighted by Crippen LogP contribution is 2.13. The van der Waals surface area contributed by atoms with Gasteiger partial charge in [-0.25, -0.2) is 5.43 Å². The molecule has 0 spiro atoms. The molecule has 0 aliphatic heterocycles. The van der Waals surface area contributed by atoms with Crippen LogP contribution in [0, 0.1) is 18.3 Å². The number of nitrogens with one attached hydrogen (secondary N) is 1. The van der Waals surface area contributed by atoms with Crippen molar-refractivity contribution in [1.82, 2.24) is 5.43 Å². The maximum Gasteiger partial charge on any atom is 0.271 e. The number of nitriles is 1. The molecular weight excluding hydrogens is 290 g/mol. The summed E-state index contributed by atoms with van der Waals surface area (Å²) in [7, 11) is 0. The van der Waals surface area contributed by atoms with Gasteiger partial charge in [0.05, 0.1) is 5.71 Å². The highest BCUT2D eigenvalue weighted by atomic mass is 16.5. The standard InChI is InChI=1S/C18H17N3O2/c1-13-5-3-4-6-17(13)18(22)21-20-14(2)15-7-9-16(10-8-15)23-12-11-19/h3-10H,12H2,1-2H3,(H,21,22)/b20-14-. The Morgan fingerprint density at radius 2 is 1.91 bits per heavy atom. The van der Waals surface area contributed by atoms with Crippen LogP contribution >= 0.6 is 0 Å². The molecule has 1 N–H and O–H groups in total. The van der Waals surface area contributed by atoms with Crippen molar-refractivity contribution in [3.05, 3.63) is 65.2 Å². The summed E-state index contributed by atoms with van der Waals surface area (Å²) in [6.07, 6.45) is 0. The zero-order valence-electron chi connectivity index (χ0n) is 13.0. The molecule has 0 aromatic heterocycles.